The van der Waals surface area contributed by atoms with Crippen molar-refractivity contribution < 1.29 is 22.7 Å². The molecular weight excluding hydrogens is 297 g/mol. The summed E-state index contributed by atoms with van der Waals surface area (Å²) in [5, 5.41) is 9.58. The fourth-order valence-corrected chi connectivity index (χ4v) is 3.70. The van der Waals surface area contributed by atoms with Crippen molar-refractivity contribution in [3.8, 4) is 5.75 Å². The van der Waals surface area contributed by atoms with E-state index >= 15 is 0 Å². The van der Waals surface area contributed by atoms with Crippen molar-refractivity contribution >= 4 is 10.0 Å². The van der Waals surface area contributed by atoms with Crippen LogP contribution in [-0.4, -0.2) is 33.3 Å². The first kappa shape index (κ1) is 16.2. The number of rotatable bonds is 5. The minimum atomic E-state index is -3.75. The molecular formula is C14H20FNO4S. The Hall–Kier alpha value is -1.18. The van der Waals surface area contributed by atoms with Crippen molar-refractivity contribution in [2.75, 3.05) is 13.7 Å². The van der Waals surface area contributed by atoms with Crippen molar-refractivity contribution in [3.63, 3.8) is 0 Å². The smallest absolute Gasteiger partial charge is 0.240 e. The third-order valence-electron chi connectivity index (χ3n) is 3.75. The zero-order valence-corrected chi connectivity index (χ0v) is 12.7. The Morgan fingerprint density at radius 3 is 2.81 bits per heavy atom. The van der Waals surface area contributed by atoms with E-state index in [1.54, 1.807) is 0 Å². The quantitative estimate of drug-likeness (QED) is 0.866. The van der Waals surface area contributed by atoms with E-state index in [1.165, 1.54) is 19.2 Å². The fraction of sp³-hybridized carbons (Fsp3) is 0.571. The maximum absolute atomic E-state index is 13.6. The fourth-order valence-electron chi connectivity index (χ4n) is 2.57. The van der Waals surface area contributed by atoms with Gasteiger partial charge in [0.15, 0.2) is 11.6 Å². The first-order valence-electron chi connectivity index (χ1n) is 6.93. The van der Waals surface area contributed by atoms with Crippen LogP contribution in [0, 0.1) is 11.7 Å². The second-order valence-electron chi connectivity index (χ2n) is 5.33. The van der Waals surface area contributed by atoms with Crippen LogP contribution in [0.2, 0.25) is 0 Å². The summed E-state index contributed by atoms with van der Waals surface area (Å²) in [7, 11) is -2.43. The molecule has 0 radical (unpaired) electrons. The van der Waals surface area contributed by atoms with Gasteiger partial charge in [-0.25, -0.2) is 17.5 Å². The molecule has 0 amide bonds. The van der Waals surface area contributed by atoms with Crippen molar-refractivity contribution in [2.45, 2.75) is 36.7 Å². The van der Waals surface area contributed by atoms with Crippen LogP contribution in [0.1, 0.15) is 25.7 Å². The highest BCUT2D eigenvalue weighted by Gasteiger charge is 2.23. The first-order chi connectivity index (χ1) is 9.92. The monoisotopic (exact) mass is 317 g/mol. The van der Waals surface area contributed by atoms with Gasteiger partial charge in [-0.05, 0) is 43.4 Å². The number of aliphatic hydroxyl groups is 1. The maximum atomic E-state index is 13.6. The van der Waals surface area contributed by atoms with Crippen LogP contribution in [0.5, 0.6) is 5.75 Å². The lowest BCUT2D eigenvalue weighted by Gasteiger charge is -2.25. The average Bonchev–Trinajstić information content (AvgIpc) is 2.45. The van der Waals surface area contributed by atoms with Crippen molar-refractivity contribution in [1.82, 2.24) is 4.72 Å². The highest BCUT2D eigenvalue weighted by molar-refractivity contribution is 7.89. The number of nitrogens with one attached hydrogen (secondary N) is 1. The minimum Gasteiger partial charge on any atom is -0.494 e. The zero-order chi connectivity index (χ0) is 15.5. The standard InChI is InChI=1S/C14H20FNO4S/c1-20-14-6-5-12(8-13(14)15)21(18,19)16-9-10-3-2-4-11(17)7-10/h5-6,8,10-11,16-17H,2-4,7,9H2,1H3. The summed E-state index contributed by atoms with van der Waals surface area (Å²) in [5.74, 6) is -0.593. The molecule has 0 saturated heterocycles. The van der Waals surface area contributed by atoms with Crippen molar-refractivity contribution in [2.24, 2.45) is 5.92 Å². The van der Waals surface area contributed by atoms with E-state index in [0.717, 1.165) is 25.3 Å². The van der Waals surface area contributed by atoms with Crippen LogP contribution >= 0.6 is 0 Å². The second-order valence-corrected chi connectivity index (χ2v) is 7.10. The molecule has 2 rings (SSSR count). The van der Waals surface area contributed by atoms with Gasteiger partial charge in [0.25, 0.3) is 0 Å². The van der Waals surface area contributed by atoms with Crippen LogP contribution in [0.3, 0.4) is 0 Å². The minimum absolute atomic E-state index is 0.00403. The van der Waals surface area contributed by atoms with Gasteiger partial charge in [-0.1, -0.05) is 6.42 Å². The van der Waals surface area contributed by atoms with Gasteiger partial charge in [0.1, 0.15) is 0 Å². The molecule has 0 heterocycles. The number of sulfonamides is 1. The molecule has 2 atom stereocenters. The van der Waals surface area contributed by atoms with Crippen LogP contribution < -0.4 is 9.46 Å². The Morgan fingerprint density at radius 1 is 1.43 bits per heavy atom. The van der Waals surface area contributed by atoms with Gasteiger partial charge in [-0.15, -0.1) is 0 Å². The van der Waals surface area contributed by atoms with Gasteiger partial charge in [0.05, 0.1) is 18.1 Å². The Balaban J connectivity index is 2.02. The molecule has 1 aromatic rings. The third kappa shape index (κ3) is 4.15. The lowest BCUT2D eigenvalue weighted by atomic mass is 9.87. The molecule has 7 heteroatoms. The molecule has 5 nitrogen and oxygen atoms in total. The largest absolute Gasteiger partial charge is 0.494 e. The Bertz CT molecular complexity index is 591. The Kier molecular flexibility index (Phi) is 5.18. The molecule has 2 unspecified atom stereocenters. The highest BCUT2D eigenvalue weighted by atomic mass is 32.2. The van der Waals surface area contributed by atoms with E-state index in [2.05, 4.69) is 4.72 Å². The number of benzene rings is 1. The molecule has 1 aliphatic carbocycles. The summed E-state index contributed by atoms with van der Waals surface area (Å²) in [6, 6.07) is 3.53. The van der Waals surface area contributed by atoms with Crippen LogP contribution in [0.25, 0.3) is 0 Å². The molecule has 1 fully saturated rings. The lowest BCUT2D eigenvalue weighted by molar-refractivity contribution is 0.102. The molecule has 21 heavy (non-hydrogen) atoms. The molecule has 118 valence electrons. The summed E-state index contributed by atoms with van der Waals surface area (Å²) in [4.78, 5) is -0.128. The van der Waals surface area contributed by atoms with Gasteiger partial charge < -0.3 is 9.84 Å². The van der Waals surface area contributed by atoms with E-state index in [4.69, 9.17) is 4.74 Å². The van der Waals surface area contributed by atoms with Gasteiger partial charge in [-0.3, -0.25) is 0 Å². The Labute approximate surface area is 124 Å². The number of hydrogen-bond donors (Lipinski definition) is 2. The molecule has 0 bridgehead atoms. The number of halogens is 1. The molecule has 1 aromatic carbocycles. The molecule has 2 N–H and O–H groups in total. The highest BCUT2D eigenvalue weighted by Crippen LogP contribution is 2.24. The van der Waals surface area contributed by atoms with Crippen LogP contribution in [0.15, 0.2) is 23.1 Å². The number of aliphatic hydroxyl groups excluding tert-OH is 1. The van der Waals surface area contributed by atoms with Gasteiger partial charge >= 0.3 is 0 Å². The van der Waals surface area contributed by atoms with Crippen molar-refractivity contribution in [1.29, 1.82) is 0 Å². The molecule has 1 saturated carbocycles. The van der Waals surface area contributed by atoms with Gasteiger partial charge in [0.2, 0.25) is 10.0 Å². The molecule has 0 aliphatic heterocycles. The van der Waals surface area contributed by atoms with Gasteiger partial charge in [0, 0.05) is 6.54 Å². The van der Waals surface area contributed by atoms with Crippen LogP contribution in [0.4, 0.5) is 4.39 Å². The van der Waals surface area contributed by atoms with E-state index in [0.29, 0.717) is 6.42 Å². The summed E-state index contributed by atoms with van der Waals surface area (Å²) in [6.07, 6.45) is 2.79. The number of hydrogen-bond acceptors (Lipinski definition) is 4. The summed E-state index contributed by atoms with van der Waals surface area (Å²) >= 11 is 0. The predicted molar refractivity (Wildman–Crippen MR) is 76.1 cm³/mol. The van der Waals surface area contributed by atoms with E-state index < -0.39 is 15.8 Å². The van der Waals surface area contributed by atoms with E-state index in [1.807, 2.05) is 0 Å². The average molecular weight is 317 g/mol. The normalized spacial score (nSPS) is 23.0. The molecule has 1 aliphatic rings. The predicted octanol–water partition coefficient (Wildman–Crippen LogP) is 1.66. The first-order valence-corrected chi connectivity index (χ1v) is 8.42. The molecule has 0 spiro atoms. The SMILES string of the molecule is COc1ccc(S(=O)(=O)NCC2CCCC(O)C2)cc1F. The topological polar surface area (TPSA) is 75.6 Å². The van der Waals surface area contributed by atoms with E-state index in [9.17, 15) is 17.9 Å². The molecule has 0 aromatic heterocycles. The summed E-state index contributed by atoms with van der Waals surface area (Å²) < 4.78 is 45.1. The number of methoxy groups -OCH3 is 1. The maximum Gasteiger partial charge on any atom is 0.240 e. The zero-order valence-electron chi connectivity index (χ0n) is 11.9. The summed E-state index contributed by atoms with van der Waals surface area (Å²) in [6.45, 7) is 0.257. The second kappa shape index (κ2) is 6.72. The third-order valence-corrected chi connectivity index (χ3v) is 5.17. The van der Waals surface area contributed by atoms with Crippen LogP contribution in [-0.2, 0) is 10.0 Å². The Morgan fingerprint density at radius 2 is 2.19 bits per heavy atom. The lowest BCUT2D eigenvalue weighted by Crippen LogP contribution is -2.33. The van der Waals surface area contributed by atoms with Gasteiger partial charge in [-0.2, -0.15) is 0 Å². The summed E-state index contributed by atoms with van der Waals surface area (Å²) in [5.41, 5.74) is 0. The van der Waals surface area contributed by atoms with Crippen molar-refractivity contribution in [3.05, 3.63) is 24.0 Å². The van der Waals surface area contributed by atoms with E-state index in [-0.39, 0.29) is 29.2 Å². The number of ether oxygens (including phenoxy) is 1.